The standard InChI is InChI=1S/C16H31N7O5S/c1-9(22-14(26)10(17)5-7-29-2)13(25)21-8-12(24)23-11(15(27)28)4-3-6-20-16(18)19/h9-11H,3-8,17H2,1-2H3,(H,21,25)(H,22,26)(H,23,24)(H,27,28)(H4,18,19,20). The maximum absolute atomic E-state index is 12.0. The molecule has 0 saturated carbocycles. The highest BCUT2D eigenvalue weighted by Crippen LogP contribution is 2.00. The van der Waals surface area contributed by atoms with E-state index in [2.05, 4.69) is 20.9 Å². The van der Waals surface area contributed by atoms with Crippen molar-refractivity contribution in [1.82, 2.24) is 16.0 Å². The lowest BCUT2D eigenvalue weighted by Gasteiger charge is -2.18. The van der Waals surface area contributed by atoms with Gasteiger partial charge in [0.15, 0.2) is 5.96 Å². The van der Waals surface area contributed by atoms with E-state index in [4.69, 9.17) is 22.3 Å². The quantitative estimate of drug-likeness (QED) is 0.0861. The van der Waals surface area contributed by atoms with Gasteiger partial charge in [0.1, 0.15) is 12.1 Å². The van der Waals surface area contributed by atoms with Crippen molar-refractivity contribution in [1.29, 1.82) is 0 Å². The Morgan fingerprint density at radius 3 is 2.31 bits per heavy atom. The van der Waals surface area contributed by atoms with E-state index < -0.39 is 48.4 Å². The third-order valence-electron chi connectivity index (χ3n) is 3.72. The molecule has 0 fully saturated rings. The molecule has 0 aromatic heterocycles. The van der Waals surface area contributed by atoms with Crippen molar-refractivity contribution in [2.75, 3.05) is 25.1 Å². The molecule has 12 nitrogen and oxygen atoms in total. The van der Waals surface area contributed by atoms with E-state index in [9.17, 15) is 19.2 Å². The maximum atomic E-state index is 12.0. The highest BCUT2D eigenvalue weighted by Gasteiger charge is 2.22. The molecule has 0 aliphatic carbocycles. The Morgan fingerprint density at radius 2 is 1.76 bits per heavy atom. The summed E-state index contributed by atoms with van der Waals surface area (Å²) in [6, 6.07) is -2.76. The van der Waals surface area contributed by atoms with Crippen molar-refractivity contribution in [3.05, 3.63) is 0 Å². The Labute approximate surface area is 173 Å². The van der Waals surface area contributed by atoms with Gasteiger partial charge in [-0.2, -0.15) is 11.8 Å². The fraction of sp³-hybridized carbons (Fsp3) is 0.688. The van der Waals surface area contributed by atoms with Crippen molar-refractivity contribution in [2.45, 2.75) is 44.3 Å². The molecule has 0 rings (SSSR count). The number of carbonyl (C=O) groups excluding carboxylic acids is 3. The van der Waals surface area contributed by atoms with Crippen LogP contribution in [0.5, 0.6) is 0 Å². The number of rotatable bonds is 14. The van der Waals surface area contributed by atoms with Crippen LogP contribution in [-0.4, -0.2) is 78.0 Å². The molecule has 3 unspecified atom stereocenters. The maximum Gasteiger partial charge on any atom is 0.326 e. The molecule has 166 valence electrons. The van der Waals surface area contributed by atoms with Crippen LogP contribution in [0.4, 0.5) is 0 Å². The molecule has 0 aliphatic rings. The summed E-state index contributed by atoms with van der Waals surface area (Å²) in [5, 5.41) is 16.3. The third-order valence-corrected chi connectivity index (χ3v) is 4.37. The molecule has 0 aromatic rings. The van der Waals surface area contributed by atoms with E-state index in [1.165, 1.54) is 6.92 Å². The first-order valence-electron chi connectivity index (χ1n) is 8.98. The SMILES string of the molecule is CSCCC(N)C(=O)NC(C)C(=O)NCC(=O)NC(CCCN=C(N)N)C(=O)O. The summed E-state index contributed by atoms with van der Waals surface area (Å²) < 4.78 is 0. The van der Waals surface area contributed by atoms with Gasteiger partial charge in [-0.25, -0.2) is 4.79 Å². The van der Waals surface area contributed by atoms with E-state index in [0.29, 0.717) is 18.6 Å². The normalized spacial score (nSPS) is 13.5. The summed E-state index contributed by atoms with van der Waals surface area (Å²) in [5.41, 5.74) is 16.1. The molecule has 0 bridgehead atoms. The van der Waals surface area contributed by atoms with Crippen molar-refractivity contribution in [2.24, 2.45) is 22.2 Å². The molecule has 0 saturated heterocycles. The lowest BCUT2D eigenvalue weighted by molar-refractivity contribution is -0.142. The Bertz CT molecular complexity index is 598. The van der Waals surface area contributed by atoms with Crippen LogP contribution in [0.3, 0.4) is 0 Å². The first kappa shape index (κ1) is 26.5. The van der Waals surface area contributed by atoms with Crippen LogP contribution in [0.2, 0.25) is 0 Å². The van der Waals surface area contributed by atoms with Gasteiger partial charge in [0.05, 0.1) is 12.6 Å². The summed E-state index contributed by atoms with van der Waals surface area (Å²) in [4.78, 5) is 50.8. The van der Waals surface area contributed by atoms with E-state index >= 15 is 0 Å². The minimum Gasteiger partial charge on any atom is -0.480 e. The van der Waals surface area contributed by atoms with Gasteiger partial charge in [-0.05, 0) is 38.2 Å². The van der Waals surface area contributed by atoms with E-state index in [0.717, 1.165) is 0 Å². The number of carbonyl (C=O) groups is 4. The Hall–Kier alpha value is -2.54. The Morgan fingerprint density at radius 1 is 1.10 bits per heavy atom. The molecular formula is C16H31N7O5S. The molecule has 3 amide bonds. The zero-order chi connectivity index (χ0) is 22.4. The van der Waals surface area contributed by atoms with Gasteiger partial charge < -0.3 is 38.3 Å². The number of guanidine groups is 1. The number of nitrogens with two attached hydrogens (primary N) is 3. The minimum absolute atomic E-state index is 0.102. The van der Waals surface area contributed by atoms with E-state index in [1.807, 2.05) is 6.26 Å². The fourth-order valence-corrected chi connectivity index (χ4v) is 2.58. The van der Waals surface area contributed by atoms with Crippen LogP contribution in [-0.2, 0) is 19.2 Å². The van der Waals surface area contributed by atoms with Crippen molar-refractivity contribution in [3.63, 3.8) is 0 Å². The molecule has 0 aliphatic heterocycles. The van der Waals surface area contributed by atoms with Crippen LogP contribution in [0.15, 0.2) is 4.99 Å². The molecule has 0 aromatic carbocycles. The third kappa shape index (κ3) is 12.5. The number of amides is 3. The largest absolute Gasteiger partial charge is 0.480 e. The summed E-state index contributed by atoms with van der Waals surface area (Å²) in [7, 11) is 0. The molecular weight excluding hydrogens is 402 g/mol. The number of thioether (sulfide) groups is 1. The summed E-state index contributed by atoms with van der Waals surface area (Å²) in [5.74, 6) is -2.33. The smallest absolute Gasteiger partial charge is 0.326 e. The second-order valence-electron chi connectivity index (χ2n) is 6.24. The first-order chi connectivity index (χ1) is 13.6. The zero-order valence-corrected chi connectivity index (χ0v) is 17.5. The van der Waals surface area contributed by atoms with Gasteiger partial charge >= 0.3 is 5.97 Å². The number of aliphatic carboxylic acids is 1. The number of carboxylic acid groups (broad SMARTS) is 1. The predicted molar refractivity (Wildman–Crippen MR) is 111 cm³/mol. The molecule has 0 heterocycles. The van der Waals surface area contributed by atoms with Crippen LogP contribution < -0.4 is 33.2 Å². The Balaban J connectivity index is 4.37. The van der Waals surface area contributed by atoms with Crippen LogP contribution in [0.1, 0.15) is 26.2 Å². The Kier molecular flexibility index (Phi) is 13.2. The number of nitrogens with one attached hydrogen (secondary N) is 3. The van der Waals surface area contributed by atoms with Crippen molar-refractivity contribution < 1.29 is 24.3 Å². The highest BCUT2D eigenvalue weighted by molar-refractivity contribution is 7.98. The number of hydrogen-bond acceptors (Lipinski definition) is 7. The molecule has 0 spiro atoms. The number of carboxylic acids is 1. The molecule has 0 radical (unpaired) electrons. The second-order valence-corrected chi connectivity index (χ2v) is 7.23. The average Bonchev–Trinajstić information content (AvgIpc) is 2.65. The number of hydrogen-bond donors (Lipinski definition) is 7. The highest BCUT2D eigenvalue weighted by atomic mass is 32.2. The van der Waals surface area contributed by atoms with Gasteiger partial charge in [-0.1, -0.05) is 0 Å². The van der Waals surface area contributed by atoms with E-state index in [-0.39, 0.29) is 18.9 Å². The first-order valence-corrected chi connectivity index (χ1v) is 10.4. The fourth-order valence-electron chi connectivity index (χ4n) is 2.09. The summed E-state index contributed by atoms with van der Waals surface area (Å²) in [6.07, 6.45) is 2.84. The minimum atomic E-state index is -1.21. The van der Waals surface area contributed by atoms with Gasteiger partial charge in [-0.3, -0.25) is 19.4 Å². The predicted octanol–water partition coefficient (Wildman–Crippen LogP) is -2.69. The number of aliphatic imine (C=N–C) groups is 1. The lowest BCUT2D eigenvalue weighted by atomic mass is 10.1. The van der Waals surface area contributed by atoms with Crippen LogP contribution in [0.25, 0.3) is 0 Å². The zero-order valence-electron chi connectivity index (χ0n) is 16.6. The van der Waals surface area contributed by atoms with Gasteiger partial charge in [-0.15, -0.1) is 0 Å². The van der Waals surface area contributed by atoms with Gasteiger partial charge in [0, 0.05) is 6.54 Å². The monoisotopic (exact) mass is 433 g/mol. The number of nitrogens with zero attached hydrogens (tertiary/aromatic N) is 1. The van der Waals surface area contributed by atoms with Gasteiger partial charge in [0.25, 0.3) is 0 Å². The molecule has 13 heteroatoms. The van der Waals surface area contributed by atoms with Crippen LogP contribution >= 0.6 is 11.8 Å². The van der Waals surface area contributed by atoms with Crippen molar-refractivity contribution in [3.8, 4) is 0 Å². The molecule has 29 heavy (non-hydrogen) atoms. The summed E-state index contributed by atoms with van der Waals surface area (Å²) in [6.45, 7) is 1.25. The lowest BCUT2D eigenvalue weighted by Crippen LogP contribution is -2.52. The molecule has 10 N–H and O–H groups in total. The van der Waals surface area contributed by atoms with E-state index in [1.54, 1.807) is 11.8 Å². The molecule has 3 atom stereocenters. The van der Waals surface area contributed by atoms with Crippen molar-refractivity contribution >= 4 is 41.4 Å². The van der Waals surface area contributed by atoms with Crippen LogP contribution in [0, 0.1) is 0 Å². The topological polar surface area (TPSA) is 215 Å². The second kappa shape index (κ2) is 14.5. The summed E-state index contributed by atoms with van der Waals surface area (Å²) >= 11 is 1.55. The van der Waals surface area contributed by atoms with Gasteiger partial charge in [0.2, 0.25) is 17.7 Å². The average molecular weight is 434 g/mol.